The summed E-state index contributed by atoms with van der Waals surface area (Å²) in [7, 11) is 3.93. The Hall–Kier alpha value is -0.610. The first kappa shape index (κ1) is 13.8. The number of hydrogen-bond donors (Lipinski definition) is 2. The third-order valence-electron chi connectivity index (χ3n) is 5.03. The second-order valence-electron chi connectivity index (χ2n) is 6.30. The predicted molar refractivity (Wildman–Crippen MR) is 71.6 cm³/mol. The Morgan fingerprint density at radius 3 is 2.72 bits per heavy atom. The predicted octanol–water partition coefficient (Wildman–Crippen LogP) is 1.56. The number of nitrogens with zero attached hydrogens (tertiary/aromatic N) is 1. The van der Waals surface area contributed by atoms with E-state index in [1.807, 2.05) is 0 Å². The molecule has 0 aromatic rings. The number of carboxylic acid groups (broad SMARTS) is 1. The van der Waals surface area contributed by atoms with E-state index < -0.39 is 11.5 Å². The molecule has 2 saturated carbocycles. The van der Waals surface area contributed by atoms with E-state index >= 15 is 0 Å². The number of carboxylic acids is 1. The van der Waals surface area contributed by atoms with Gasteiger partial charge >= 0.3 is 5.97 Å². The van der Waals surface area contributed by atoms with E-state index in [1.54, 1.807) is 7.05 Å². The van der Waals surface area contributed by atoms with Crippen LogP contribution in [0, 0.1) is 11.8 Å². The summed E-state index contributed by atoms with van der Waals surface area (Å²) in [5.74, 6) is 1.01. The van der Waals surface area contributed by atoms with Crippen molar-refractivity contribution in [2.45, 2.75) is 50.6 Å². The van der Waals surface area contributed by atoms with Crippen LogP contribution in [0.15, 0.2) is 0 Å². The molecule has 104 valence electrons. The van der Waals surface area contributed by atoms with Crippen molar-refractivity contribution in [2.75, 3.05) is 20.6 Å². The third-order valence-corrected chi connectivity index (χ3v) is 5.03. The van der Waals surface area contributed by atoms with Gasteiger partial charge in [0.2, 0.25) is 0 Å². The quantitative estimate of drug-likeness (QED) is 0.782. The summed E-state index contributed by atoms with van der Waals surface area (Å²) in [6, 6.07) is 0.412. The van der Waals surface area contributed by atoms with Crippen molar-refractivity contribution in [2.24, 2.45) is 11.8 Å². The van der Waals surface area contributed by atoms with Gasteiger partial charge in [-0.05, 0) is 58.0 Å². The van der Waals surface area contributed by atoms with Crippen molar-refractivity contribution < 1.29 is 9.90 Å². The highest BCUT2D eigenvalue weighted by Gasteiger charge is 2.43. The van der Waals surface area contributed by atoms with Crippen molar-refractivity contribution in [3.05, 3.63) is 0 Å². The fourth-order valence-corrected chi connectivity index (χ4v) is 3.32. The lowest BCUT2D eigenvalue weighted by Crippen LogP contribution is -2.56. The smallest absolute Gasteiger partial charge is 0.323 e. The molecule has 4 nitrogen and oxygen atoms in total. The summed E-state index contributed by atoms with van der Waals surface area (Å²) in [4.78, 5) is 13.9. The molecular weight excluding hydrogens is 228 g/mol. The average Bonchev–Trinajstić information content (AvgIpc) is 3.04. The Morgan fingerprint density at radius 2 is 2.22 bits per heavy atom. The van der Waals surface area contributed by atoms with E-state index in [9.17, 15) is 9.90 Å². The molecule has 2 rings (SSSR count). The summed E-state index contributed by atoms with van der Waals surface area (Å²) < 4.78 is 0. The summed E-state index contributed by atoms with van der Waals surface area (Å²) in [6.45, 7) is 3.43. The molecule has 2 N–H and O–H groups in total. The molecule has 2 fully saturated rings. The Balaban J connectivity index is 1.94. The Kier molecular flexibility index (Phi) is 3.97. The highest BCUT2D eigenvalue weighted by atomic mass is 16.4. The first-order chi connectivity index (χ1) is 8.48. The van der Waals surface area contributed by atoms with Gasteiger partial charge in [0.1, 0.15) is 5.54 Å². The molecule has 0 radical (unpaired) electrons. The molecule has 2 aliphatic carbocycles. The monoisotopic (exact) mass is 254 g/mol. The number of carbonyl (C=O) groups is 1. The molecule has 0 aliphatic heterocycles. The fraction of sp³-hybridized carbons (Fsp3) is 0.929. The average molecular weight is 254 g/mol. The molecular formula is C14H26N2O2. The van der Waals surface area contributed by atoms with Crippen LogP contribution in [0.3, 0.4) is 0 Å². The molecule has 0 bridgehead atoms. The maximum Gasteiger partial charge on any atom is 0.323 e. The molecule has 4 atom stereocenters. The van der Waals surface area contributed by atoms with Crippen LogP contribution < -0.4 is 5.32 Å². The Morgan fingerprint density at radius 1 is 1.56 bits per heavy atom. The Labute approximate surface area is 110 Å². The zero-order valence-electron chi connectivity index (χ0n) is 11.8. The van der Waals surface area contributed by atoms with Crippen molar-refractivity contribution in [1.29, 1.82) is 0 Å². The van der Waals surface area contributed by atoms with Gasteiger partial charge < -0.3 is 15.3 Å². The van der Waals surface area contributed by atoms with Crippen LogP contribution in [0.5, 0.6) is 0 Å². The highest BCUT2D eigenvalue weighted by molar-refractivity contribution is 5.79. The van der Waals surface area contributed by atoms with E-state index in [0.29, 0.717) is 6.04 Å². The second-order valence-corrected chi connectivity index (χ2v) is 6.30. The van der Waals surface area contributed by atoms with Crippen molar-refractivity contribution >= 4 is 5.97 Å². The summed E-state index contributed by atoms with van der Waals surface area (Å²) >= 11 is 0. The van der Waals surface area contributed by atoms with Gasteiger partial charge in [-0.2, -0.15) is 0 Å². The molecule has 18 heavy (non-hydrogen) atoms. The number of hydrogen-bond acceptors (Lipinski definition) is 3. The van der Waals surface area contributed by atoms with Crippen LogP contribution in [0.2, 0.25) is 0 Å². The van der Waals surface area contributed by atoms with Crippen LogP contribution in [-0.4, -0.2) is 48.2 Å². The van der Waals surface area contributed by atoms with Gasteiger partial charge in [0.05, 0.1) is 0 Å². The second kappa shape index (κ2) is 5.17. The van der Waals surface area contributed by atoms with Gasteiger partial charge in [-0.1, -0.05) is 6.92 Å². The van der Waals surface area contributed by atoms with E-state index in [-0.39, 0.29) is 0 Å². The van der Waals surface area contributed by atoms with Gasteiger partial charge in [-0.3, -0.25) is 4.79 Å². The van der Waals surface area contributed by atoms with Gasteiger partial charge in [-0.25, -0.2) is 0 Å². The zero-order valence-corrected chi connectivity index (χ0v) is 11.8. The molecule has 0 spiro atoms. The van der Waals surface area contributed by atoms with Crippen LogP contribution >= 0.6 is 0 Å². The maximum atomic E-state index is 11.5. The topological polar surface area (TPSA) is 52.6 Å². The largest absolute Gasteiger partial charge is 0.480 e. The van der Waals surface area contributed by atoms with Crippen LogP contribution in [0.1, 0.15) is 39.0 Å². The molecule has 0 aromatic carbocycles. The lowest BCUT2D eigenvalue weighted by molar-refractivity contribution is -0.147. The molecule has 2 aliphatic rings. The fourth-order valence-electron chi connectivity index (χ4n) is 3.32. The number of likely N-dealkylation sites (N-methyl/N-ethyl adjacent to an activating group) is 1. The Bertz CT molecular complexity index is 321. The minimum Gasteiger partial charge on any atom is -0.480 e. The molecule has 0 saturated heterocycles. The minimum atomic E-state index is -0.702. The van der Waals surface area contributed by atoms with Gasteiger partial charge in [-0.15, -0.1) is 0 Å². The first-order valence-electron chi connectivity index (χ1n) is 7.11. The molecule has 0 amide bonds. The summed E-state index contributed by atoms with van der Waals surface area (Å²) in [6.07, 6.45) is 4.96. The molecule has 4 heteroatoms. The van der Waals surface area contributed by atoms with Gasteiger partial charge in [0.15, 0.2) is 0 Å². The summed E-state index contributed by atoms with van der Waals surface area (Å²) in [5.41, 5.74) is -0.702. The van der Waals surface area contributed by atoms with Crippen LogP contribution in [-0.2, 0) is 4.79 Å². The highest BCUT2D eigenvalue weighted by Crippen LogP contribution is 2.39. The standard InChI is InChI=1S/C14H26N2O2/c1-10-7-11(10)9-16(3)12-5-4-6-14(8-12,15-2)13(17)18/h10-12,15H,4-9H2,1-3H3,(H,17,18). The SMILES string of the molecule is CNC1(C(=O)O)CCCC(N(C)CC2CC2C)C1. The van der Waals surface area contributed by atoms with Crippen LogP contribution in [0.4, 0.5) is 0 Å². The number of rotatable bonds is 5. The maximum absolute atomic E-state index is 11.5. The zero-order chi connectivity index (χ0) is 13.3. The first-order valence-corrected chi connectivity index (χ1v) is 7.11. The van der Waals surface area contributed by atoms with Crippen molar-refractivity contribution in [3.8, 4) is 0 Å². The molecule has 0 heterocycles. The summed E-state index contributed by atoms with van der Waals surface area (Å²) in [5, 5.41) is 12.5. The van der Waals surface area contributed by atoms with Crippen molar-refractivity contribution in [3.63, 3.8) is 0 Å². The van der Waals surface area contributed by atoms with Gasteiger partial charge in [0, 0.05) is 12.6 Å². The minimum absolute atomic E-state index is 0.412. The normalized spacial score (nSPS) is 39.9. The van der Waals surface area contributed by atoms with Gasteiger partial charge in [0.25, 0.3) is 0 Å². The third kappa shape index (κ3) is 2.69. The van der Waals surface area contributed by atoms with Crippen LogP contribution in [0.25, 0.3) is 0 Å². The van der Waals surface area contributed by atoms with E-state index in [2.05, 4.69) is 24.2 Å². The van der Waals surface area contributed by atoms with E-state index in [0.717, 1.165) is 44.1 Å². The van der Waals surface area contributed by atoms with E-state index in [4.69, 9.17) is 0 Å². The number of nitrogens with one attached hydrogen (secondary N) is 1. The lowest BCUT2D eigenvalue weighted by Gasteiger charge is -2.41. The number of aliphatic carboxylic acids is 1. The lowest BCUT2D eigenvalue weighted by atomic mass is 9.78. The molecule has 4 unspecified atom stereocenters. The molecule has 0 aromatic heterocycles. The van der Waals surface area contributed by atoms with E-state index in [1.165, 1.54) is 6.42 Å². The van der Waals surface area contributed by atoms with Crippen molar-refractivity contribution in [1.82, 2.24) is 10.2 Å².